The highest BCUT2D eigenvalue weighted by molar-refractivity contribution is 5.10. The molecule has 1 atom stereocenters. The van der Waals surface area contributed by atoms with Crippen LogP contribution in [-0.2, 0) is 7.05 Å². The Labute approximate surface area is 86.3 Å². The van der Waals surface area contributed by atoms with Crippen molar-refractivity contribution in [3.8, 4) is 0 Å². The number of alkyl halides is 3. The summed E-state index contributed by atoms with van der Waals surface area (Å²) in [4.78, 5) is 0. The Hall–Kier alpha value is -1.04. The number of aromatic nitrogens is 2. The predicted octanol–water partition coefficient (Wildman–Crippen LogP) is 2.02. The van der Waals surface area contributed by atoms with Gasteiger partial charge in [0.15, 0.2) is 0 Å². The standard InChI is InChI=1S/C9H14F3N3/c1-3-13-8(4-9(10,11)12)7-5-14-15(2)6-7/h5-6,8,13H,3-4H2,1-2H3. The zero-order valence-electron chi connectivity index (χ0n) is 8.67. The molecular formula is C9H14F3N3. The molecule has 1 N–H and O–H groups in total. The van der Waals surface area contributed by atoms with Crippen molar-refractivity contribution in [2.75, 3.05) is 6.54 Å². The largest absolute Gasteiger partial charge is 0.390 e. The van der Waals surface area contributed by atoms with E-state index in [4.69, 9.17) is 0 Å². The molecule has 1 aromatic rings. The van der Waals surface area contributed by atoms with Gasteiger partial charge in [0.05, 0.1) is 12.6 Å². The normalized spacial score (nSPS) is 14.2. The summed E-state index contributed by atoms with van der Waals surface area (Å²) in [6.07, 6.45) is -1.98. The molecule has 0 aromatic carbocycles. The average Bonchev–Trinajstić information content (AvgIpc) is 2.48. The van der Waals surface area contributed by atoms with E-state index in [2.05, 4.69) is 10.4 Å². The van der Waals surface area contributed by atoms with Gasteiger partial charge in [0.2, 0.25) is 0 Å². The molecule has 6 heteroatoms. The second-order valence-corrected chi connectivity index (χ2v) is 3.38. The molecule has 0 aliphatic heterocycles. The van der Waals surface area contributed by atoms with E-state index in [-0.39, 0.29) is 0 Å². The average molecular weight is 221 g/mol. The molecule has 0 aliphatic rings. The first-order chi connectivity index (χ1) is 6.92. The zero-order valence-corrected chi connectivity index (χ0v) is 8.67. The van der Waals surface area contributed by atoms with Crippen molar-refractivity contribution < 1.29 is 13.2 Å². The van der Waals surface area contributed by atoms with E-state index >= 15 is 0 Å². The lowest BCUT2D eigenvalue weighted by Gasteiger charge is -2.17. The molecule has 0 radical (unpaired) electrons. The number of nitrogens with zero attached hydrogens (tertiary/aromatic N) is 2. The summed E-state index contributed by atoms with van der Waals surface area (Å²) in [7, 11) is 1.68. The van der Waals surface area contributed by atoms with E-state index in [1.54, 1.807) is 20.2 Å². The first kappa shape index (κ1) is 12.0. The molecule has 3 nitrogen and oxygen atoms in total. The fourth-order valence-electron chi connectivity index (χ4n) is 1.41. The second kappa shape index (κ2) is 4.65. The van der Waals surface area contributed by atoms with E-state index in [9.17, 15) is 13.2 Å². The van der Waals surface area contributed by atoms with Gasteiger partial charge < -0.3 is 5.32 Å². The molecule has 15 heavy (non-hydrogen) atoms. The summed E-state index contributed by atoms with van der Waals surface area (Å²) >= 11 is 0. The van der Waals surface area contributed by atoms with Gasteiger partial charge in [-0.15, -0.1) is 0 Å². The Morgan fingerprint density at radius 1 is 1.53 bits per heavy atom. The molecule has 0 spiro atoms. The number of hydrogen-bond donors (Lipinski definition) is 1. The molecule has 0 saturated heterocycles. The Morgan fingerprint density at radius 2 is 2.20 bits per heavy atom. The molecule has 1 aromatic heterocycles. The molecule has 0 aliphatic carbocycles. The molecule has 0 fully saturated rings. The summed E-state index contributed by atoms with van der Waals surface area (Å²) in [5.74, 6) is 0. The van der Waals surface area contributed by atoms with E-state index in [0.29, 0.717) is 12.1 Å². The number of nitrogens with one attached hydrogen (secondary N) is 1. The Kier molecular flexibility index (Phi) is 3.73. The first-order valence-electron chi connectivity index (χ1n) is 4.71. The number of hydrogen-bond acceptors (Lipinski definition) is 2. The van der Waals surface area contributed by atoms with Gasteiger partial charge in [-0.3, -0.25) is 4.68 Å². The van der Waals surface area contributed by atoms with Gasteiger partial charge in [-0.05, 0) is 6.54 Å². The fraction of sp³-hybridized carbons (Fsp3) is 0.667. The molecule has 0 saturated carbocycles. The lowest BCUT2D eigenvalue weighted by molar-refractivity contribution is -0.140. The highest BCUT2D eigenvalue weighted by Crippen LogP contribution is 2.29. The van der Waals surface area contributed by atoms with Gasteiger partial charge >= 0.3 is 6.18 Å². The molecule has 0 bridgehead atoms. The van der Waals surface area contributed by atoms with E-state index in [0.717, 1.165) is 0 Å². The summed E-state index contributed by atoms with van der Waals surface area (Å²) < 4.78 is 38.3. The first-order valence-corrected chi connectivity index (χ1v) is 4.71. The van der Waals surface area contributed by atoms with Crippen LogP contribution in [0.1, 0.15) is 24.9 Å². The summed E-state index contributed by atoms with van der Waals surface area (Å²) in [5, 5.41) is 6.65. The van der Waals surface area contributed by atoms with Crippen LogP contribution < -0.4 is 5.32 Å². The van der Waals surface area contributed by atoms with Crippen molar-refractivity contribution in [2.45, 2.75) is 25.6 Å². The van der Waals surface area contributed by atoms with Crippen LogP contribution in [0.2, 0.25) is 0 Å². The van der Waals surface area contributed by atoms with E-state index in [1.165, 1.54) is 10.9 Å². The maximum atomic E-state index is 12.3. The van der Waals surface area contributed by atoms with Crippen molar-refractivity contribution in [1.82, 2.24) is 15.1 Å². The van der Waals surface area contributed by atoms with Crippen molar-refractivity contribution in [3.63, 3.8) is 0 Å². The van der Waals surface area contributed by atoms with Crippen LogP contribution in [0.4, 0.5) is 13.2 Å². The third-order valence-electron chi connectivity index (χ3n) is 2.01. The van der Waals surface area contributed by atoms with Crippen LogP contribution in [0, 0.1) is 0 Å². The summed E-state index contributed by atoms with van der Waals surface area (Å²) in [6, 6.07) is -0.705. The van der Waals surface area contributed by atoms with Crippen molar-refractivity contribution in [1.29, 1.82) is 0 Å². The smallest absolute Gasteiger partial charge is 0.310 e. The maximum Gasteiger partial charge on any atom is 0.390 e. The molecular weight excluding hydrogens is 207 g/mol. The van der Waals surface area contributed by atoms with Crippen molar-refractivity contribution in [2.24, 2.45) is 7.05 Å². The Balaban J connectivity index is 2.74. The number of rotatable bonds is 4. The predicted molar refractivity (Wildman–Crippen MR) is 50.3 cm³/mol. The van der Waals surface area contributed by atoms with Gasteiger partial charge in [0.1, 0.15) is 0 Å². The number of halogens is 3. The molecule has 1 rings (SSSR count). The number of aryl methyl sites for hydroxylation is 1. The van der Waals surface area contributed by atoms with Crippen LogP contribution in [0.25, 0.3) is 0 Å². The van der Waals surface area contributed by atoms with Crippen LogP contribution in [0.15, 0.2) is 12.4 Å². The molecule has 1 unspecified atom stereocenters. The quantitative estimate of drug-likeness (QED) is 0.843. The minimum absolute atomic E-state index is 0.496. The SMILES string of the molecule is CCNC(CC(F)(F)F)c1cnn(C)c1. The van der Waals surface area contributed by atoms with Crippen LogP contribution in [0.3, 0.4) is 0 Å². The second-order valence-electron chi connectivity index (χ2n) is 3.38. The lowest BCUT2D eigenvalue weighted by Crippen LogP contribution is -2.26. The van der Waals surface area contributed by atoms with E-state index in [1.807, 2.05) is 0 Å². The minimum Gasteiger partial charge on any atom is -0.310 e. The molecule has 1 heterocycles. The zero-order chi connectivity index (χ0) is 11.5. The Morgan fingerprint density at radius 3 is 2.60 bits per heavy atom. The van der Waals surface area contributed by atoms with Gasteiger partial charge in [-0.1, -0.05) is 6.92 Å². The van der Waals surface area contributed by atoms with Crippen LogP contribution >= 0.6 is 0 Å². The highest BCUT2D eigenvalue weighted by Gasteiger charge is 2.32. The third kappa shape index (κ3) is 3.91. The monoisotopic (exact) mass is 221 g/mol. The maximum absolute atomic E-state index is 12.3. The molecule has 0 amide bonds. The highest BCUT2D eigenvalue weighted by atomic mass is 19.4. The van der Waals surface area contributed by atoms with Crippen molar-refractivity contribution in [3.05, 3.63) is 18.0 Å². The van der Waals surface area contributed by atoms with Crippen LogP contribution in [0.5, 0.6) is 0 Å². The summed E-state index contributed by atoms with van der Waals surface area (Å²) in [6.45, 7) is 2.27. The van der Waals surface area contributed by atoms with E-state index < -0.39 is 18.6 Å². The van der Waals surface area contributed by atoms with Gasteiger partial charge in [0.25, 0.3) is 0 Å². The topological polar surface area (TPSA) is 29.9 Å². The fourth-order valence-corrected chi connectivity index (χ4v) is 1.41. The van der Waals surface area contributed by atoms with Gasteiger partial charge in [0, 0.05) is 24.8 Å². The molecule has 86 valence electrons. The lowest BCUT2D eigenvalue weighted by atomic mass is 10.1. The van der Waals surface area contributed by atoms with Crippen LogP contribution in [-0.4, -0.2) is 22.5 Å². The Bertz CT molecular complexity index is 306. The third-order valence-corrected chi connectivity index (χ3v) is 2.01. The van der Waals surface area contributed by atoms with Crippen molar-refractivity contribution >= 4 is 0 Å². The van der Waals surface area contributed by atoms with Gasteiger partial charge in [-0.25, -0.2) is 0 Å². The van der Waals surface area contributed by atoms with Gasteiger partial charge in [-0.2, -0.15) is 18.3 Å². The minimum atomic E-state index is -4.16. The summed E-state index contributed by atoms with van der Waals surface area (Å²) in [5.41, 5.74) is 0.566.